The summed E-state index contributed by atoms with van der Waals surface area (Å²) in [6.07, 6.45) is -3.64. The molecule has 0 aliphatic carbocycles. The second kappa shape index (κ2) is 8.50. The van der Waals surface area contributed by atoms with Crippen molar-refractivity contribution in [3.05, 3.63) is 0 Å². The number of unbranched alkanes of at least 4 members (excludes halogenated alkanes) is 1. The van der Waals surface area contributed by atoms with Crippen LogP contribution < -0.4 is 11.1 Å². The van der Waals surface area contributed by atoms with Crippen LogP contribution in [0.4, 0.5) is 0 Å². The number of ether oxygens (including phenoxy) is 1. The van der Waals surface area contributed by atoms with Crippen LogP contribution in [0.1, 0.15) is 27.1 Å². The average Bonchev–Trinajstić information content (AvgIpc) is 2.43. The minimum absolute atomic E-state index is 0.155. The second-order valence-corrected chi connectivity index (χ2v) is 4.80. The SMILES string of the molecule is [2H]C(N)CCCCC(=O)N[C@H]1C(O)O[C@H](CO)[C@@H](O)[C@@H]1O. The lowest BCUT2D eigenvalue weighted by Gasteiger charge is -2.40. The highest BCUT2D eigenvalue weighted by Crippen LogP contribution is 2.19. The number of hydrogen-bond acceptors (Lipinski definition) is 7. The zero-order chi connectivity index (χ0) is 16.0. The quantitative estimate of drug-likeness (QED) is 0.283. The van der Waals surface area contributed by atoms with E-state index in [4.69, 9.17) is 16.9 Å². The molecule has 1 rings (SSSR count). The zero-order valence-corrected chi connectivity index (χ0v) is 11.2. The molecule has 0 aromatic carbocycles. The van der Waals surface area contributed by atoms with E-state index in [0.717, 1.165) is 0 Å². The van der Waals surface area contributed by atoms with Crippen LogP contribution in [-0.4, -0.2) is 70.1 Å². The fourth-order valence-corrected chi connectivity index (χ4v) is 2.06. The van der Waals surface area contributed by atoms with Crippen molar-refractivity contribution in [2.24, 2.45) is 5.73 Å². The van der Waals surface area contributed by atoms with Crippen molar-refractivity contribution in [2.45, 2.75) is 56.3 Å². The number of nitrogens with two attached hydrogens (primary N) is 1. The summed E-state index contributed by atoms with van der Waals surface area (Å²) in [5, 5.41) is 40.5. The molecular formula is C12H24N2O6. The molecule has 0 spiro atoms. The molecule has 0 aromatic heterocycles. The first-order valence-electron chi connectivity index (χ1n) is 7.22. The van der Waals surface area contributed by atoms with Gasteiger partial charge in [0.25, 0.3) is 0 Å². The maximum absolute atomic E-state index is 11.7. The first-order valence-corrected chi connectivity index (χ1v) is 6.64. The van der Waals surface area contributed by atoms with Gasteiger partial charge in [0.15, 0.2) is 6.29 Å². The third-order valence-corrected chi connectivity index (χ3v) is 3.25. The van der Waals surface area contributed by atoms with E-state index >= 15 is 0 Å². The summed E-state index contributed by atoms with van der Waals surface area (Å²) in [7, 11) is 0. The third-order valence-electron chi connectivity index (χ3n) is 3.25. The van der Waals surface area contributed by atoms with Crippen LogP contribution in [0, 0.1) is 0 Å². The summed E-state index contributed by atoms with van der Waals surface area (Å²) in [6.45, 7) is -1.21. The Morgan fingerprint density at radius 2 is 1.95 bits per heavy atom. The predicted molar refractivity (Wildman–Crippen MR) is 69.4 cm³/mol. The molecule has 118 valence electrons. The van der Waals surface area contributed by atoms with Crippen molar-refractivity contribution >= 4 is 5.91 Å². The number of rotatable bonds is 7. The maximum Gasteiger partial charge on any atom is 0.220 e. The Bertz CT molecular complexity index is 333. The number of carbonyl (C=O) groups is 1. The molecule has 20 heavy (non-hydrogen) atoms. The van der Waals surface area contributed by atoms with Crippen molar-refractivity contribution in [3.63, 3.8) is 0 Å². The summed E-state index contributed by atoms with van der Waals surface area (Å²) in [5.41, 5.74) is 5.27. The number of aliphatic hydroxyl groups is 4. The standard InChI is InChI=1S/C12H24N2O6/c13-5-3-1-2-4-8(16)14-9-11(18)10(17)7(6-15)20-12(9)19/h7,9-12,15,17-19H,1-6,13H2,(H,14,16)/t7-,9-,10-,11-,12?/m1/s1/i5D/t5?,7-,9-,10-,11-,12?. The van der Waals surface area contributed by atoms with Gasteiger partial charge in [0.2, 0.25) is 5.91 Å². The normalized spacial score (nSPS) is 36.2. The number of carbonyl (C=O) groups excluding carboxylic acids is 1. The average molecular weight is 293 g/mol. The molecule has 0 radical (unpaired) electrons. The van der Waals surface area contributed by atoms with E-state index in [9.17, 15) is 20.1 Å². The summed E-state index contributed by atoms with van der Waals surface area (Å²) >= 11 is 0. The number of aliphatic hydroxyl groups excluding tert-OH is 4. The Morgan fingerprint density at radius 3 is 2.55 bits per heavy atom. The fourth-order valence-electron chi connectivity index (χ4n) is 2.06. The van der Waals surface area contributed by atoms with E-state index in [-0.39, 0.29) is 6.42 Å². The Hall–Kier alpha value is -0.770. The molecule has 1 amide bonds. The molecule has 6 atom stereocenters. The fraction of sp³-hybridized carbons (Fsp3) is 0.917. The van der Waals surface area contributed by atoms with Gasteiger partial charge in [0.1, 0.15) is 24.4 Å². The number of hydrogen-bond donors (Lipinski definition) is 6. The Kier molecular flexibility index (Phi) is 6.64. The van der Waals surface area contributed by atoms with Gasteiger partial charge in [-0.15, -0.1) is 0 Å². The van der Waals surface area contributed by atoms with Crippen molar-refractivity contribution in [3.8, 4) is 0 Å². The molecule has 1 fully saturated rings. The summed E-state index contributed by atoms with van der Waals surface area (Å²) in [6, 6.07) is -1.16. The highest BCUT2D eigenvalue weighted by Gasteiger charge is 2.44. The van der Waals surface area contributed by atoms with Gasteiger partial charge in [-0.2, -0.15) is 0 Å². The first-order chi connectivity index (χ1) is 9.86. The van der Waals surface area contributed by atoms with E-state index < -0.39 is 49.7 Å². The van der Waals surface area contributed by atoms with Crippen molar-refractivity contribution in [2.75, 3.05) is 13.1 Å². The molecule has 7 N–H and O–H groups in total. The summed E-state index contributed by atoms with van der Waals surface area (Å²) in [5.74, 6) is -0.407. The van der Waals surface area contributed by atoms with Gasteiger partial charge >= 0.3 is 0 Å². The van der Waals surface area contributed by atoms with E-state index in [0.29, 0.717) is 19.3 Å². The van der Waals surface area contributed by atoms with E-state index in [1.165, 1.54) is 0 Å². The minimum atomic E-state index is -1.51. The van der Waals surface area contributed by atoms with Gasteiger partial charge in [-0.3, -0.25) is 4.79 Å². The highest BCUT2D eigenvalue weighted by molar-refractivity contribution is 5.76. The van der Waals surface area contributed by atoms with E-state index in [2.05, 4.69) is 5.32 Å². The van der Waals surface area contributed by atoms with Crippen LogP contribution >= 0.6 is 0 Å². The van der Waals surface area contributed by atoms with Crippen molar-refractivity contribution in [1.29, 1.82) is 0 Å². The number of amides is 1. The molecule has 1 saturated heterocycles. The van der Waals surface area contributed by atoms with Crippen LogP contribution in [0.2, 0.25) is 0 Å². The van der Waals surface area contributed by atoms with Crippen LogP contribution in [-0.2, 0) is 9.53 Å². The smallest absolute Gasteiger partial charge is 0.220 e. The van der Waals surface area contributed by atoms with Gasteiger partial charge in [-0.1, -0.05) is 6.42 Å². The zero-order valence-electron chi connectivity index (χ0n) is 12.2. The van der Waals surface area contributed by atoms with E-state index in [1.807, 2.05) is 0 Å². The largest absolute Gasteiger partial charge is 0.394 e. The lowest BCUT2D eigenvalue weighted by molar-refractivity contribution is -0.253. The highest BCUT2D eigenvalue weighted by atomic mass is 16.6. The van der Waals surface area contributed by atoms with Crippen molar-refractivity contribution in [1.82, 2.24) is 5.32 Å². The Labute approximate surface area is 118 Å². The summed E-state index contributed by atoms with van der Waals surface area (Å²) < 4.78 is 12.1. The monoisotopic (exact) mass is 293 g/mol. The van der Waals surface area contributed by atoms with Crippen LogP contribution in [0.5, 0.6) is 0 Å². The molecule has 1 aliphatic heterocycles. The van der Waals surface area contributed by atoms with Crippen LogP contribution in [0.15, 0.2) is 0 Å². The minimum Gasteiger partial charge on any atom is -0.394 e. The van der Waals surface area contributed by atoms with Gasteiger partial charge in [-0.25, -0.2) is 0 Å². The second-order valence-electron chi connectivity index (χ2n) is 4.80. The lowest BCUT2D eigenvalue weighted by atomic mass is 9.97. The maximum atomic E-state index is 11.7. The third kappa shape index (κ3) is 4.65. The van der Waals surface area contributed by atoms with Gasteiger partial charge in [-0.05, 0) is 19.4 Å². The van der Waals surface area contributed by atoms with Crippen LogP contribution in [0.3, 0.4) is 0 Å². The topological polar surface area (TPSA) is 145 Å². The molecule has 1 aliphatic rings. The van der Waals surface area contributed by atoms with Gasteiger partial charge in [0, 0.05) is 7.79 Å². The molecule has 0 bridgehead atoms. The summed E-state index contributed by atoms with van der Waals surface area (Å²) in [4.78, 5) is 11.7. The molecular weight excluding hydrogens is 268 g/mol. The van der Waals surface area contributed by atoms with Crippen molar-refractivity contribution < 1.29 is 31.3 Å². The number of nitrogens with one attached hydrogen (secondary N) is 1. The molecule has 0 aromatic rings. The molecule has 8 heteroatoms. The molecule has 0 saturated carbocycles. The van der Waals surface area contributed by atoms with Crippen LogP contribution in [0.25, 0.3) is 0 Å². The Morgan fingerprint density at radius 1 is 1.25 bits per heavy atom. The van der Waals surface area contributed by atoms with Gasteiger partial charge < -0.3 is 36.2 Å². The van der Waals surface area contributed by atoms with E-state index in [1.54, 1.807) is 0 Å². The lowest BCUT2D eigenvalue weighted by Crippen LogP contribution is -2.64. The predicted octanol–water partition coefficient (Wildman–Crippen LogP) is -2.58. The Balaban J connectivity index is 2.40. The molecule has 8 nitrogen and oxygen atoms in total. The van der Waals surface area contributed by atoms with Gasteiger partial charge in [0.05, 0.1) is 6.61 Å². The molecule has 2 unspecified atom stereocenters. The molecule has 1 heterocycles. The first kappa shape index (κ1) is 15.6.